The minimum Gasteiger partial charge on any atom is -0.296 e. The molecule has 86 valence electrons. The monoisotopic (exact) mass is 231 g/mol. The number of aromatic nitrogens is 2. The van der Waals surface area contributed by atoms with Crippen LogP contribution in [0.2, 0.25) is 0 Å². The van der Waals surface area contributed by atoms with Gasteiger partial charge in [0.2, 0.25) is 0 Å². The van der Waals surface area contributed by atoms with Crippen molar-refractivity contribution < 1.29 is 9.72 Å². The van der Waals surface area contributed by atoms with Crippen LogP contribution in [0.4, 0.5) is 5.69 Å². The molecule has 17 heavy (non-hydrogen) atoms. The number of aldehydes is 1. The number of hydrogen-bond donors (Lipinski definition) is 0. The summed E-state index contributed by atoms with van der Waals surface area (Å²) in [5.74, 6) is 0. The summed E-state index contributed by atoms with van der Waals surface area (Å²) in [6, 6.07) is 7.83. The van der Waals surface area contributed by atoms with Crippen molar-refractivity contribution in [1.29, 1.82) is 0 Å². The molecule has 0 bridgehead atoms. The van der Waals surface area contributed by atoms with Gasteiger partial charge in [-0.25, -0.2) is 4.68 Å². The number of carbonyl (C=O) groups is 1. The van der Waals surface area contributed by atoms with Crippen molar-refractivity contribution in [1.82, 2.24) is 9.78 Å². The zero-order valence-electron chi connectivity index (χ0n) is 9.03. The van der Waals surface area contributed by atoms with Crippen LogP contribution >= 0.6 is 0 Å². The van der Waals surface area contributed by atoms with Gasteiger partial charge in [0.1, 0.15) is 11.4 Å². The molecule has 0 atom stereocenters. The number of para-hydroxylation sites is 2. The van der Waals surface area contributed by atoms with E-state index in [0.717, 1.165) is 0 Å². The molecule has 0 fully saturated rings. The van der Waals surface area contributed by atoms with Gasteiger partial charge in [0.25, 0.3) is 5.69 Å². The fourth-order valence-electron chi connectivity index (χ4n) is 1.60. The molecule has 6 heteroatoms. The Morgan fingerprint density at radius 3 is 2.71 bits per heavy atom. The number of nitro groups is 1. The number of rotatable bonds is 3. The van der Waals surface area contributed by atoms with E-state index in [1.54, 1.807) is 31.2 Å². The Morgan fingerprint density at radius 2 is 2.12 bits per heavy atom. The zero-order valence-corrected chi connectivity index (χ0v) is 9.03. The number of carbonyl (C=O) groups excluding carboxylic acids is 1. The lowest BCUT2D eigenvalue weighted by Gasteiger charge is -2.04. The van der Waals surface area contributed by atoms with Crippen molar-refractivity contribution in [3.8, 4) is 5.69 Å². The van der Waals surface area contributed by atoms with Crippen LogP contribution in [0, 0.1) is 17.0 Å². The van der Waals surface area contributed by atoms with Gasteiger partial charge in [-0.2, -0.15) is 5.10 Å². The van der Waals surface area contributed by atoms with Gasteiger partial charge in [-0.15, -0.1) is 0 Å². The van der Waals surface area contributed by atoms with Crippen molar-refractivity contribution in [3.63, 3.8) is 0 Å². The second-order valence-corrected chi connectivity index (χ2v) is 3.49. The minimum absolute atomic E-state index is 0.0452. The molecule has 0 unspecified atom stereocenters. The molecule has 0 radical (unpaired) electrons. The molecule has 0 aliphatic rings. The maximum Gasteiger partial charge on any atom is 0.294 e. The summed E-state index contributed by atoms with van der Waals surface area (Å²) in [5, 5.41) is 14.9. The number of nitrogens with zero attached hydrogens (tertiary/aromatic N) is 3. The summed E-state index contributed by atoms with van der Waals surface area (Å²) in [7, 11) is 0. The van der Waals surface area contributed by atoms with E-state index >= 15 is 0 Å². The number of aryl methyl sites for hydroxylation is 1. The molecule has 0 saturated carbocycles. The molecule has 0 aliphatic carbocycles. The first-order valence-electron chi connectivity index (χ1n) is 4.89. The summed E-state index contributed by atoms with van der Waals surface area (Å²) in [4.78, 5) is 21.0. The lowest BCUT2D eigenvalue weighted by atomic mass is 10.2. The van der Waals surface area contributed by atoms with E-state index < -0.39 is 4.92 Å². The molecule has 6 nitrogen and oxygen atoms in total. The molecule has 0 saturated heterocycles. The van der Waals surface area contributed by atoms with Crippen molar-refractivity contribution >= 4 is 12.0 Å². The molecule has 0 amide bonds. The highest BCUT2D eigenvalue weighted by Crippen LogP contribution is 2.22. The van der Waals surface area contributed by atoms with E-state index in [2.05, 4.69) is 5.10 Å². The van der Waals surface area contributed by atoms with Gasteiger partial charge in [0.15, 0.2) is 6.29 Å². The Labute approximate surface area is 96.6 Å². The van der Waals surface area contributed by atoms with Crippen LogP contribution in [0.15, 0.2) is 30.3 Å². The Morgan fingerprint density at radius 1 is 1.41 bits per heavy atom. The number of hydrogen-bond acceptors (Lipinski definition) is 4. The van der Waals surface area contributed by atoms with E-state index in [1.807, 2.05) is 0 Å². The highest BCUT2D eigenvalue weighted by molar-refractivity contribution is 5.72. The summed E-state index contributed by atoms with van der Waals surface area (Å²) in [5.41, 5.74) is 1.22. The van der Waals surface area contributed by atoms with Gasteiger partial charge in [-0.3, -0.25) is 14.9 Å². The van der Waals surface area contributed by atoms with Gasteiger partial charge in [0, 0.05) is 11.8 Å². The first-order valence-corrected chi connectivity index (χ1v) is 4.89. The Hall–Kier alpha value is -2.50. The summed E-state index contributed by atoms with van der Waals surface area (Å²) in [6.07, 6.45) is 0.609. The Bertz CT molecular complexity index is 589. The van der Waals surface area contributed by atoms with Crippen LogP contribution in [0.1, 0.15) is 16.2 Å². The standard InChI is InChI=1S/C11H9N3O3/c1-8-6-9(7-15)12-13(8)10-4-2-3-5-11(10)14(16)17/h2-7H,1H3. The first-order chi connectivity index (χ1) is 8.13. The van der Waals surface area contributed by atoms with E-state index in [-0.39, 0.29) is 11.4 Å². The summed E-state index contributed by atoms with van der Waals surface area (Å²) >= 11 is 0. The van der Waals surface area contributed by atoms with Crippen LogP contribution in [0.3, 0.4) is 0 Å². The average molecular weight is 231 g/mol. The molecule has 0 N–H and O–H groups in total. The van der Waals surface area contributed by atoms with Gasteiger partial charge in [0.05, 0.1) is 4.92 Å². The predicted octanol–water partition coefficient (Wildman–Crippen LogP) is 1.90. The normalized spacial score (nSPS) is 10.2. The third kappa shape index (κ3) is 1.92. The minimum atomic E-state index is -0.475. The van der Waals surface area contributed by atoms with Crippen molar-refractivity contribution in [2.24, 2.45) is 0 Å². The molecule has 0 spiro atoms. The van der Waals surface area contributed by atoms with Crippen LogP contribution in [-0.4, -0.2) is 21.0 Å². The van der Waals surface area contributed by atoms with Crippen molar-refractivity contribution in [2.75, 3.05) is 0 Å². The zero-order chi connectivity index (χ0) is 12.4. The lowest BCUT2D eigenvalue weighted by Crippen LogP contribution is -2.03. The Balaban J connectivity index is 2.63. The molecule has 1 heterocycles. The van der Waals surface area contributed by atoms with E-state index in [9.17, 15) is 14.9 Å². The molecule has 2 aromatic rings. The SMILES string of the molecule is Cc1cc(C=O)nn1-c1ccccc1[N+](=O)[O-]. The predicted molar refractivity (Wildman–Crippen MR) is 60.3 cm³/mol. The lowest BCUT2D eigenvalue weighted by molar-refractivity contribution is -0.384. The van der Waals surface area contributed by atoms with Crippen LogP contribution in [0.5, 0.6) is 0 Å². The third-order valence-corrected chi connectivity index (χ3v) is 2.33. The maximum absolute atomic E-state index is 10.9. The fourth-order valence-corrected chi connectivity index (χ4v) is 1.60. The maximum atomic E-state index is 10.9. The van der Waals surface area contributed by atoms with Gasteiger partial charge < -0.3 is 0 Å². The first kappa shape index (κ1) is 11.0. The number of benzene rings is 1. The Kier molecular flexibility index (Phi) is 2.70. The van der Waals surface area contributed by atoms with Gasteiger partial charge in [-0.1, -0.05) is 12.1 Å². The molecular weight excluding hydrogens is 222 g/mol. The van der Waals surface area contributed by atoms with Crippen molar-refractivity contribution in [2.45, 2.75) is 6.92 Å². The summed E-state index contributed by atoms with van der Waals surface area (Å²) in [6.45, 7) is 1.73. The van der Waals surface area contributed by atoms with E-state index in [0.29, 0.717) is 17.7 Å². The van der Waals surface area contributed by atoms with Crippen LogP contribution in [-0.2, 0) is 0 Å². The van der Waals surface area contributed by atoms with Gasteiger partial charge >= 0.3 is 0 Å². The second kappa shape index (κ2) is 4.17. The largest absolute Gasteiger partial charge is 0.296 e. The summed E-state index contributed by atoms with van der Waals surface area (Å²) < 4.78 is 1.39. The quantitative estimate of drug-likeness (QED) is 0.459. The number of nitro benzene ring substituents is 1. The second-order valence-electron chi connectivity index (χ2n) is 3.49. The average Bonchev–Trinajstić information content (AvgIpc) is 2.70. The third-order valence-electron chi connectivity index (χ3n) is 2.33. The molecule has 2 rings (SSSR count). The van der Waals surface area contributed by atoms with E-state index in [4.69, 9.17) is 0 Å². The fraction of sp³-hybridized carbons (Fsp3) is 0.0909. The highest BCUT2D eigenvalue weighted by Gasteiger charge is 2.16. The smallest absolute Gasteiger partial charge is 0.294 e. The van der Waals surface area contributed by atoms with Crippen LogP contribution in [0.25, 0.3) is 5.69 Å². The van der Waals surface area contributed by atoms with E-state index in [1.165, 1.54) is 10.7 Å². The van der Waals surface area contributed by atoms with Crippen molar-refractivity contribution in [3.05, 3.63) is 51.8 Å². The van der Waals surface area contributed by atoms with Crippen LogP contribution < -0.4 is 0 Å². The molecule has 0 aliphatic heterocycles. The molecular formula is C11H9N3O3. The molecule has 1 aromatic heterocycles. The molecule has 1 aromatic carbocycles. The highest BCUT2D eigenvalue weighted by atomic mass is 16.6. The van der Waals surface area contributed by atoms with Gasteiger partial charge in [-0.05, 0) is 19.1 Å². The topological polar surface area (TPSA) is 78.0 Å².